The molecule has 1 aliphatic heterocycles. The van der Waals surface area contributed by atoms with E-state index in [1.165, 1.54) is 12.1 Å². The number of aldehydes is 1. The van der Waals surface area contributed by atoms with Crippen molar-refractivity contribution < 1.29 is 22.7 Å². The SMILES string of the molecule is CCN1CCN(Cc2ccc(C=O)cc2C(F)(F)F)CC1.CNc1cc(C#Cc2cnc3ccc(OC)nn23)ccn1. The zero-order chi connectivity index (χ0) is 30.1. The van der Waals surface area contributed by atoms with Gasteiger partial charge in [0, 0.05) is 63.2 Å². The molecule has 0 unspecified atom stereocenters. The van der Waals surface area contributed by atoms with Gasteiger partial charge in [-0.25, -0.2) is 14.5 Å². The van der Waals surface area contributed by atoms with E-state index in [1.807, 2.05) is 30.1 Å². The minimum Gasteiger partial charge on any atom is -0.480 e. The van der Waals surface area contributed by atoms with E-state index >= 15 is 0 Å². The van der Waals surface area contributed by atoms with Crippen LogP contribution in [0.2, 0.25) is 0 Å². The Kier molecular flexibility index (Phi) is 10.1. The number of imidazole rings is 1. The van der Waals surface area contributed by atoms with Gasteiger partial charge in [-0.2, -0.15) is 13.2 Å². The maximum atomic E-state index is 13.1. The molecule has 42 heavy (non-hydrogen) atoms. The Morgan fingerprint density at radius 2 is 1.79 bits per heavy atom. The number of anilines is 1. The number of benzene rings is 1. The van der Waals surface area contributed by atoms with Gasteiger partial charge >= 0.3 is 6.18 Å². The van der Waals surface area contributed by atoms with Gasteiger partial charge in [-0.05, 0) is 42.3 Å². The van der Waals surface area contributed by atoms with Crippen molar-refractivity contribution in [1.82, 2.24) is 29.4 Å². The highest BCUT2D eigenvalue weighted by Crippen LogP contribution is 2.33. The molecule has 0 atom stereocenters. The molecule has 3 aromatic heterocycles. The number of nitrogens with one attached hydrogen (secondary N) is 1. The standard InChI is InChI=1S/C15H19F3N2O.C15H13N5O/c1-2-19-5-7-20(8-6-19)10-13-4-3-12(11-21)9-14(13)15(16,17)18;1-16-13-9-11(7-8-17-13)3-4-12-10-18-14-5-6-15(21-2)19-20(12)14/h3-4,9,11H,2,5-8,10H2,1H3;5-10H,1-2H3,(H,16,17). The van der Waals surface area contributed by atoms with Gasteiger partial charge in [0.15, 0.2) is 5.65 Å². The average Bonchev–Trinajstić information content (AvgIpc) is 3.42. The molecule has 0 aliphatic carbocycles. The highest BCUT2D eigenvalue weighted by molar-refractivity contribution is 5.75. The molecular weight excluding hydrogens is 547 g/mol. The molecule has 1 aliphatic rings. The lowest BCUT2D eigenvalue weighted by atomic mass is 10.0. The van der Waals surface area contributed by atoms with Gasteiger partial charge in [0.2, 0.25) is 5.88 Å². The van der Waals surface area contributed by atoms with Crippen LogP contribution >= 0.6 is 0 Å². The van der Waals surface area contributed by atoms with Crippen molar-refractivity contribution in [2.24, 2.45) is 0 Å². The Labute approximate surface area is 242 Å². The first-order chi connectivity index (χ1) is 20.2. The summed E-state index contributed by atoms with van der Waals surface area (Å²) in [7, 11) is 3.40. The Bertz CT molecular complexity index is 1570. The summed E-state index contributed by atoms with van der Waals surface area (Å²) in [5.41, 5.74) is 1.88. The number of fused-ring (bicyclic) bond motifs is 1. The molecule has 0 spiro atoms. The van der Waals surface area contributed by atoms with Crippen molar-refractivity contribution in [3.63, 3.8) is 0 Å². The maximum Gasteiger partial charge on any atom is 0.416 e. The van der Waals surface area contributed by atoms with Crippen molar-refractivity contribution in [2.45, 2.75) is 19.6 Å². The Hall–Kier alpha value is -4.47. The number of nitrogens with zero attached hydrogens (tertiary/aromatic N) is 6. The molecule has 1 fully saturated rings. The smallest absolute Gasteiger partial charge is 0.416 e. The van der Waals surface area contributed by atoms with Crippen molar-refractivity contribution in [3.8, 4) is 17.7 Å². The zero-order valence-corrected chi connectivity index (χ0v) is 23.6. The fourth-order valence-corrected chi connectivity index (χ4v) is 4.41. The molecular formula is C30H32F3N7O2. The van der Waals surface area contributed by atoms with Gasteiger partial charge in [-0.3, -0.25) is 9.69 Å². The predicted molar refractivity (Wildman–Crippen MR) is 154 cm³/mol. The number of carbonyl (C=O) groups is 1. The van der Waals surface area contributed by atoms with Gasteiger partial charge < -0.3 is 15.0 Å². The number of methoxy groups -OCH3 is 1. The van der Waals surface area contributed by atoms with E-state index in [1.54, 1.807) is 30.1 Å². The van der Waals surface area contributed by atoms with Crippen LogP contribution in [0.3, 0.4) is 0 Å². The summed E-state index contributed by atoms with van der Waals surface area (Å²) < 4.78 is 46.1. The molecule has 0 amide bonds. The molecule has 4 heterocycles. The molecule has 1 aromatic carbocycles. The van der Waals surface area contributed by atoms with Crippen LogP contribution in [-0.2, 0) is 12.7 Å². The van der Waals surface area contributed by atoms with E-state index in [2.05, 4.69) is 44.0 Å². The number of pyridine rings is 1. The number of rotatable bonds is 6. The number of ether oxygens (including phenoxy) is 1. The van der Waals surface area contributed by atoms with Gasteiger partial charge in [0.05, 0.1) is 18.9 Å². The number of likely N-dealkylation sites (N-methyl/N-ethyl adjacent to an activating group) is 1. The summed E-state index contributed by atoms with van der Waals surface area (Å²) in [6.07, 6.45) is -0.584. The molecule has 4 aromatic rings. The first kappa shape index (κ1) is 30.5. The lowest BCUT2D eigenvalue weighted by molar-refractivity contribution is -0.138. The molecule has 0 radical (unpaired) electrons. The zero-order valence-electron chi connectivity index (χ0n) is 23.6. The predicted octanol–water partition coefficient (Wildman–Crippen LogP) is 4.23. The third-order valence-electron chi connectivity index (χ3n) is 6.78. The number of piperazine rings is 1. The summed E-state index contributed by atoms with van der Waals surface area (Å²) >= 11 is 0. The van der Waals surface area contributed by atoms with Crippen LogP contribution in [0.1, 0.15) is 39.7 Å². The maximum absolute atomic E-state index is 13.1. The Balaban J connectivity index is 0.000000193. The lowest BCUT2D eigenvalue weighted by Gasteiger charge is -2.34. The average molecular weight is 580 g/mol. The van der Waals surface area contributed by atoms with E-state index < -0.39 is 11.7 Å². The lowest BCUT2D eigenvalue weighted by Crippen LogP contribution is -2.45. The minimum atomic E-state index is -4.43. The number of hydrogen-bond acceptors (Lipinski definition) is 8. The van der Waals surface area contributed by atoms with Gasteiger partial charge in [0.25, 0.3) is 0 Å². The molecule has 12 heteroatoms. The summed E-state index contributed by atoms with van der Waals surface area (Å²) in [5, 5.41) is 7.28. The second-order valence-corrected chi connectivity index (χ2v) is 9.46. The number of hydrogen-bond donors (Lipinski definition) is 1. The quantitative estimate of drug-likeness (QED) is 0.268. The largest absolute Gasteiger partial charge is 0.480 e. The van der Waals surface area contributed by atoms with Gasteiger partial charge in [-0.15, -0.1) is 5.10 Å². The Morgan fingerprint density at radius 1 is 1.02 bits per heavy atom. The molecule has 220 valence electrons. The minimum absolute atomic E-state index is 0.0573. The molecule has 5 rings (SSSR count). The van der Waals surface area contributed by atoms with Crippen LogP contribution in [0.25, 0.3) is 5.65 Å². The van der Waals surface area contributed by atoms with Crippen molar-refractivity contribution >= 4 is 17.8 Å². The summed E-state index contributed by atoms with van der Waals surface area (Å²) in [6, 6.07) is 11.1. The second kappa shape index (κ2) is 13.9. The second-order valence-electron chi connectivity index (χ2n) is 9.46. The fraction of sp³-hybridized carbons (Fsp3) is 0.333. The van der Waals surface area contributed by atoms with Gasteiger partial charge in [0.1, 0.15) is 17.8 Å². The number of alkyl halides is 3. The van der Waals surface area contributed by atoms with E-state index in [9.17, 15) is 18.0 Å². The van der Waals surface area contributed by atoms with Crippen LogP contribution in [0.15, 0.2) is 54.9 Å². The fourth-order valence-electron chi connectivity index (χ4n) is 4.41. The van der Waals surface area contributed by atoms with Crippen LogP contribution in [0.4, 0.5) is 19.0 Å². The summed E-state index contributed by atoms with van der Waals surface area (Å²) in [6.45, 7) is 6.60. The summed E-state index contributed by atoms with van der Waals surface area (Å²) in [4.78, 5) is 23.4. The molecule has 0 bridgehead atoms. The molecule has 0 saturated carbocycles. The van der Waals surface area contributed by atoms with Crippen LogP contribution in [0, 0.1) is 11.8 Å². The highest BCUT2D eigenvalue weighted by atomic mass is 19.4. The number of halogens is 3. The van der Waals surface area contributed by atoms with E-state index in [0.717, 1.165) is 55.8 Å². The third-order valence-corrected chi connectivity index (χ3v) is 6.78. The van der Waals surface area contributed by atoms with Crippen LogP contribution in [-0.4, -0.2) is 82.5 Å². The topological polar surface area (TPSA) is 87.9 Å². The first-order valence-electron chi connectivity index (χ1n) is 13.4. The first-order valence-corrected chi connectivity index (χ1v) is 13.4. The van der Waals surface area contributed by atoms with Gasteiger partial charge in [-0.1, -0.05) is 25.0 Å². The molecule has 1 N–H and O–H groups in total. The normalized spacial score (nSPS) is 14.0. The van der Waals surface area contributed by atoms with Crippen molar-refractivity contribution in [2.75, 3.05) is 52.2 Å². The van der Waals surface area contributed by atoms with Crippen LogP contribution < -0.4 is 10.1 Å². The highest BCUT2D eigenvalue weighted by Gasteiger charge is 2.34. The van der Waals surface area contributed by atoms with E-state index in [0.29, 0.717) is 17.9 Å². The van der Waals surface area contributed by atoms with Crippen molar-refractivity contribution in [3.05, 3.63) is 82.8 Å². The number of aromatic nitrogens is 4. The molecule has 9 nitrogen and oxygen atoms in total. The van der Waals surface area contributed by atoms with E-state index in [-0.39, 0.29) is 17.7 Å². The van der Waals surface area contributed by atoms with E-state index in [4.69, 9.17) is 4.74 Å². The molecule has 1 saturated heterocycles. The summed E-state index contributed by atoms with van der Waals surface area (Å²) in [5.74, 6) is 7.44. The monoisotopic (exact) mass is 579 g/mol. The van der Waals surface area contributed by atoms with Crippen molar-refractivity contribution in [1.29, 1.82) is 0 Å². The third kappa shape index (κ3) is 7.84. The Morgan fingerprint density at radius 3 is 2.45 bits per heavy atom. The number of carbonyl (C=O) groups excluding carboxylic acids is 1. The van der Waals surface area contributed by atoms with Crippen LogP contribution in [0.5, 0.6) is 5.88 Å².